The molecule has 0 atom stereocenters. The molecule has 2 rings (SSSR count). The van der Waals surface area contributed by atoms with Gasteiger partial charge in [0.2, 0.25) is 0 Å². The van der Waals surface area contributed by atoms with Crippen molar-refractivity contribution in [1.82, 2.24) is 4.90 Å². The largest absolute Gasteiger partial charge is 0.393 e. The molecule has 6 heteroatoms. The first kappa shape index (κ1) is 15.3. The van der Waals surface area contributed by atoms with Gasteiger partial charge in [0.05, 0.1) is 4.92 Å². The lowest BCUT2D eigenvalue weighted by molar-refractivity contribution is -0.383. The molecule has 1 aliphatic rings. The molecule has 1 fully saturated rings. The van der Waals surface area contributed by atoms with Gasteiger partial charge in [-0.05, 0) is 36.8 Å². The first-order valence-corrected chi connectivity index (χ1v) is 7.25. The van der Waals surface area contributed by atoms with Crippen LogP contribution in [-0.2, 0) is 0 Å². The lowest BCUT2D eigenvalue weighted by atomic mass is 9.82. The molecule has 21 heavy (non-hydrogen) atoms. The molecule has 0 unspecified atom stereocenters. The molecule has 114 valence electrons. The molecule has 0 aliphatic carbocycles. The number of hydrogen-bond acceptors (Lipinski definition) is 4. The Balaban J connectivity index is 2.18. The van der Waals surface area contributed by atoms with Gasteiger partial charge in [0.1, 0.15) is 5.69 Å². The molecule has 0 aromatic heterocycles. The minimum Gasteiger partial charge on any atom is -0.393 e. The number of nitrogens with zero attached hydrogens (tertiary/aromatic N) is 2. The van der Waals surface area contributed by atoms with Gasteiger partial charge in [-0.1, -0.05) is 13.8 Å². The number of benzene rings is 1. The fourth-order valence-corrected chi connectivity index (χ4v) is 2.97. The summed E-state index contributed by atoms with van der Waals surface area (Å²) in [4.78, 5) is 24.5. The van der Waals surface area contributed by atoms with E-state index in [-0.39, 0.29) is 22.7 Å². The molecule has 1 aromatic rings. The van der Waals surface area contributed by atoms with Crippen LogP contribution < -0.4 is 5.73 Å². The molecule has 1 amide bonds. The normalized spacial score (nSPS) is 17.0. The Morgan fingerprint density at radius 1 is 1.43 bits per heavy atom. The molecule has 0 spiro atoms. The molecule has 2 N–H and O–H groups in total. The van der Waals surface area contributed by atoms with E-state index in [1.54, 1.807) is 0 Å². The molecule has 6 nitrogen and oxygen atoms in total. The monoisotopic (exact) mass is 291 g/mol. The van der Waals surface area contributed by atoms with Gasteiger partial charge >= 0.3 is 0 Å². The lowest BCUT2D eigenvalue weighted by Crippen LogP contribution is -2.31. The first-order valence-electron chi connectivity index (χ1n) is 7.25. The van der Waals surface area contributed by atoms with E-state index < -0.39 is 4.92 Å². The number of likely N-dealkylation sites (tertiary alicyclic amines) is 1. The summed E-state index contributed by atoms with van der Waals surface area (Å²) in [6.07, 6.45) is 3.11. The van der Waals surface area contributed by atoms with Gasteiger partial charge in [0.15, 0.2) is 0 Å². The number of nitrogen functional groups attached to an aromatic ring is 1. The molecular formula is C15H21N3O3. The number of amides is 1. The molecule has 1 saturated heterocycles. The Bertz CT molecular complexity index is 567. The minimum absolute atomic E-state index is 0.0299. The van der Waals surface area contributed by atoms with Crippen molar-refractivity contribution in [3.63, 3.8) is 0 Å². The van der Waals surface area contributed by atoms with Crippen molar-refractivity contribution in [3.8, 4) is 0 Å². The fourth-order valence-electron chi connectivity index (χ4n) is 2.97. The molecule has 0 saturated carbocycles. The van der Waals surface area contributed by atoms with Crippen LogP contribution in [0.2, 0.25) is 0 Å². The summed E-state index contributed by atoms with van der Waals surface area (Å²) >= 11 is 0. The lowest BCUT2D eigenvalue weighted by Gasteiger charge is -2.26. The average molecular weight is 291 g/mol. The van der Waals surface area contributed by atoms with E-state index in [0.717, 1.165) is 32.4 Å². The highest BCUT2D eigenvalue weighted by Crippen LogP contribution is 2.37. The SMILES string of the molecule is CCC1(CC)CCN(C(=O)c2ccc([N+](=O)[O-])c(N)c2)C1. The van der Waals surface area contributed by atoms with Crippen molar-refractivity contribution >= 4 is 17.3 Å². The van der Waals surface area contributed by atoms with E-state index in [0.29, 0.717) is 5.56 Å². The molecule has 1 aliphatic heterocycles. The van der Waals surface area contributed by atoms with Gasteiger partial charge in [-0.15, -0.1) is 0 Å². The van der Waals surface area contributed by atoms with Crippen molar-refractivity contribution in [1.29, 1.82) is 0 Å². The van der Waals surface area contributed by atoms with Crippen molar-refractivity contribution in [2.24, 2.45) is 5.41 Å². The third kappa shape index (κ3) is 2.84. The van der Waals surface area contributed by atoms with Crippen LogP contribution in [0.3, 0.4) is 0 Å². The molecule has 0 radical (unpaired) electrons. The average Bonchev–Trinajstić information content (AvgIpc) is 2.91. The summed E-state index contributed by atoms with van der Waals surface area (Å²) in [7, 11) is 0. The molecule has 0 bridgehead atoms. The van der Waals surface area contributed by atoms with Gasteiger partial charge in [0, 0.05) is 24.7 Å². The Labute approximate surface area is 124 Å². The molecule has 1 aromatic carbocycles. The second-order valence-corrected chi connectivity index (χ2v) is 5.71. The fraction of sp³-hybridized carbons (Fsp3) is 0.533. The number of rotatable bonds is 4. The van der Waals surface area contributed by atoms with E-state index in [1.165, 1.54) is 18.2 Å². The van der Waals surface area contributed by atoms with Crippen LogP contribution in [0.25, 0.3) is 0 Å². The van der Waals surface area contributed by atoms with Crippen LogP contribution in [-0.4, -0.2) is 28.8 Å². The maximum Gasteiger partial charge on any atom is 0.292 e. The Kier molecular flexibility index (Phi) is 4.16. The predicted molar refractivity (Wildman–Crippen MR) is 81.0 cm³/mol. The summed E-state index contributed by atoms with van der Waals surface area (Å²) < 4.78 is 0. The van der Waals surface area contributed by atoms with Crippen LogP contribution in [0.4, 0.5) is 11.4 Å². The third-order valence-corrected chi connectivity index (χ3v) is 4.70. The number of hydrogen-bond donors (Lipinski definition) is 1. The second kappa shape index (κ2) is 5.71. The van der Waals surface area contributed by atoms with E-state index in [4.69, 9.17) is 5.73 Å². The number of nitro benzene ring substituents is 1. The van der Waals surface area contributed by atoms with E-state index in [1.807, 2.05) is 4.90 Å². The predicted octanol–water partition coefficient (Wildman–Crippen LogP) is 2.83. The van der Waals surface area contributed by atoms with Crippen LogP contribution in [0, 0.1) is 15.5 Å². The maximum atomic E-state index is 12.5. The third-order valence-electron chi connectivity index (χ3n) is 4.70. The summed E-state index contributed by atoms with van der Waals surface area (Å²) in [5.74, 6) is -0.0969. The first-order chi connectivity index (χ1) is 9.92. The van der Waals surface area contributed by atoms with E-state index >= 15 is 0 Å². The standard InChI is InChI=1S/C15H21N3O3/c1-3-15(4-2)7-8-17(10-15)14(19)11-5-6-13(18(20)21)12(16)9-11/h5-6,9H,3-4,7-8,10,16H2,1-2H3. The van der Waals surface area contributed by atoms with Crippen molar-refractivity contribution in [3.05, 3.63) is 33.9 Å². The minimum atomic E-state index is -0.543. The van der Waals surface area contributed by atoms with Gasteiger partial charge in [0.25, 0.3) is 11.6 Å². The number of nitro groups is 1. The summed E-state index contributed by atoms with van der Waals surface area (Å²) in [6, 6.07) is 4.18. The van der Waals surface area contributed by atoms with Gasteiger partial charge < -0.3 is 10.6 Å². The topological polar surface area (TPSA) is 89.5 Å². The van der Waals surface area contributed by atoms with Crippen LogP contribution in [0.1, 0.15) is 43.5 Å². The van der Waals surface area contributed by atoms with Gasteiger partial charge in [-0.3, -0.25) is 14.9 Å². The van der Waals surface area contributed by atoms with Crippen molar-refractivity contribution in [2.45, 2.75) is 33.1 Å². The van der Waals surface area contributed by atoms with Crippen molar-refractivity contribution < 1.29 is 9.72 Å². The van der Waals surface area contributed by atoms with Gasteiger partial charge in [-0.25, -0.2) is 0 Å². The van der Waals surface area contributed by atoms with Crippen molar-refractivity contribution in [2.75, 3.05) is 18.8 Å². The van der Waals surface area contributed by atoms with E-state index in [9.17, 15) is 14.9 Å². The molecular weight excluding hydrogens is 270 g/mol. The Morgan fingerprint density at radius 3 is 2.57 bits per heavy atom. The second-order valence-electron chi connectivity index (χ2n) is 5.71. The van der Waals surface area contributed by atoms with Crippen LogP contribution >= 0.6 is 0 Å². The van der Waals surface area contributed by atoms with Crippen LogP contribution in [0.5, 0.6) is 0 Å². The maximum absolute atomic E-state index is 12.5. The molecule has 1 heterocycles. The zero-order valence-corrected chi connectivity index (χ0v) is 12.5. The smallest absolute Gasteiger partial charge is 0.292 e. The van der Waals surface area contributed by atoms with E-state index in [2.05, 4.69) is 13.8 Å². The zero-order chi connectivity index (χ0) is 15.6. The number of carbonyl (C=O) groups excluding carboxylic acids is 1. The highest BCUT2D eigenvalue weighted by Gasteiger charge is 2.37. The zero-order valence-electron chi connectivity index (χ0n) is 12.5. The number of carbonyl (C=O) groups is 1. The summed E-state index contributed by atoms with van der Waals surface area (Å²) in [5, 5.41) is 10.8. The Morgan fingerprint density at radius 2 is 2.10 bits per heavy atom. The Hall–Kier alpha value is -2.11. The van der Waals surface area contributed by atoms with Crippen LogP contribution in [0.15, 0.2) is 18.2 Å². The highest BCUT2D eigenvalue weighted by molar-refractivity contribution is 5.96. The highest BCUT2D eigenvalue weighted by atomic mass is 16.6. The summed E-state index contributed by atoms with van der Waals surface area (Å²) in [6.45, 7) is 5.79. The number of nitrogens with two attached hydrogens (primary N) is 1. The van der Waals surface area contributed by atoms with Gasteiger partial charge in [-0.2, -0.15) is 0 Å². The number of anilines is 1. The quantitative estimate of drug-likeness (QED) is 0.524. The summed E-state index contributed by atoms with van der Waals surface area (Å²) in [5.41, 5.74) is 6.15.